The zero-order valence-corrected chi connectivity index (χ0v) is 13.3. The molecule has 1 fully saturated rings. The highest BCUT2D eigenvalue weighted by Crippen LogP contribution is 2.29. The first-order valence-corrected chi connectivity index (χ1v) is 7.83. The minimum Gasteiger partial charge on any atom is -0.393 e. The van der Waals surface area contributed by atoms with Crippen molar-refractivity contribution in [2.45, 2.75) is 59.0 Å². The molecule has 0 bridgehead atoms. The Morgan fingerprint density at radius 3 is 2.65 bits per heavy atom. The van der Waals surface area contributed by atoms with E-state index in [0.29, 0.717) is 11.8 Å². The van der Waals surface area contributed by atoms with Crippen LogP contribution in [0.2, 0.25) is 0 Å². The van der Waals surface area contributed by atoms with Crippen LogP contribution in [0, 0.1) is 11.8 Å². The second-order valence-electron chi connectivity index (χ2n) is 6.34. The third-order valence-electron chi connectivity index (χ3n) is 4.04. The normalized spacial score (nSPS) is 27.1. The van der Waals surface area contributed by atoms with Gasteiger partial charge >= 0.3 is 0 Å². The van der Waals surface area contributed by atoms with Crippen LogP contribution in [-0.4, -0.2) is 11.2 Å². The summed E-state index contributed by atoms with van der Waals surface area (Å²) in [6, 6.07) is 0. The van der Waals surface area contributed by atoms with Crippen molar-refractivity contribution in [2.24, 2.45) is 11.8 Å². The average Bonchev–Trinajstić information content (AvgIpc) is 2.38. The second-order valence-corrected chi connectivity index (χ2v) is 6.34. The lowest BCUT2D eigenvalue weighted by Gasteiger charge is -2.29. The van der Waals surface area contributed by atoms with Crippen LogP contribution in [0.5, 0.6) is 0 Å². The van der Waals surface area contributed by atoms with Gasteiger partial charge in [-0.1, -0.05) is 55.0 Å². The number of allylic oxidation sites excluding steroid dienone is 7. The van der Waals surface area contributed by atoms with E-state index >= 15 is 0 Å². The Morgan fingerprint density at radius 1 is 1.25 bits per heavy atom. The molecule has 0 aromatic heterocycles. The van der Waals surface area contributed by atoms with E-state index in [1.165, 1.54) is 17.6 Å². The van der Waals surface area contributed by atoms with Gasteiger partial charge < -0.3 is 5.11 Å². The molecule has 0 aliphatic heterocycles. The molecule has 0 amide bonds. The first-order valence-electron chi connectivity index (χ1n) is 7.83. The standard InChI is InChI=1S/C19H30O/c1-15(2)8-7-10-16(3)9-5-6-11-18-13-12-17(4)19(20)14-18/h5-6,8-9,11,17-20H,3,7,10,12-14H2,1-2,4H3/b9-5+,11-6+. The maximum atomic E-state index is 9.86. The predicted molar refractivity (Wildman–Crippen MR) is 88.6 cm³/mol. The fourth-order valence-electron chi connectivity index (χ4n) is 2.55. The van der Waals surface area contributed by atoms with Crippen molar-refractivity contribution in [3.63, 3.8) is 0 Å². The number of hydrogen-bond donors (Lipinski definition) is 1. The highest BCUT2D eigenvalue weighted by atomic mass is 16.3. The van der Waals surface area contributed by atoms with Crippen molar-refractivity contribution in [3.05, 3.63) is 48.1 Å². The van der Waals surface area contributed by atoms with Gasteiger partial charge in [-0.25, -0.2) is 0 Å². The van der Waals surface area contributed by atoms with Crippen molar-refractivity contribution in [3.8, 4) is 0 Å². The summed E-state index contributed by atoms with van der Waals surface area (Å²) < 4.78 is 0. The van der Waals surface area contributed by atoms with Crippen molar-refractivity contribution >= 4 is 0 Å². The third-order valence-corrected chi connectivity index (χ3v) is 4.04. The zero-order valence-electron chi connectivity index (χ0n) is 13.3. The average molecular weight is 274 g/mol. The van der Waals surface area contributed by atoms with E-state index in [9.17, 15) is 5.11 Å². The van der Waals surface area contributed by atoms with Gasteiger partial charge in [0.2, 0.25) is 0 Å². The van der Waals surface area contributed by atoms with Crippen LogP contribution in [0.15, 0.2) is 48.1 Å². The Hall–Kier alpha value is -1.08. The number of hydrogen-bond acceptors (Lipinski definition) is 1. The maximum absolute atomic E-state index is 9.86. The van der Waals surface area contributed by atoms with Gasteiger partial charge in [0.25, 0.3) is 0 Å². The zero-order chi connectivity index (χ0) is 15.0. The molecule has 3 atom stereocenters. The largest absolute Gasteiger partial charge is 0.393 e. The minimum atomic E-state index is -0.124. The van der Waals surface area contributed by atoms with Gasteiger partial charge in [0.1, 0.15) is 0 Å². The monoisotopic (exact) mass is 274 g/mol. The number of rotatable bonds is 6. The second kappa shape index (κ2) is 8.97. The fourth-order valence-corrected chi connectivity index (χ4v) is 2.55. The number of aliphatic hydroxyl groups is 1. The smallest absolute Gasteiger partial charge is 0.0571 e. The first kappa shape index (κ1) is 17.0. The van der Waals surface area contributed by atoms with Gasteiger partial charge in [0.15, 0.2) is 0 Å². The molecule has 1 nitrogen and oxygen atoms in total. The molecule has 0 aromatic rings. The first-order chi connectivity index (χ1) is 9.49. The van der Waals surface area contributed by atoms with Crippen LogP contribution in [0.25, 0.3) is 0 Å². The summed E-state index contributed by atoms with van der Waals surface area (Å²) in [5.41, 5.74) is 2.54. The Bertz CT molecular complexity index is 383. The molecule has 1 N–H and O–H groups in total. The molecular weight excluding hydrogens is 244 g/mol. The molecule has 0 saturated heterocycles. The summed E-state index contributed by atoms with van der Waals surface area (Å²) in [5, 5.41) is 9.86. The molecule has 3 unspecified atom stereocenters. The van der Waals surface area contributed by atoms with Gasteiger partial charge in [0, 0.05) is 0 Å². The molecule has 1 aliphatic rings. The Labute approximate surface area is 124 Å². The predicted octanol–water partition coefficient (Wildman–Crippen LogP) is 5.20. The fraction of sp³-hybridized carbons (Fsp3) is 0.579. The molecule has 1 aliphatic carbocycles. The van der Waals surface area contributed by atoms with E-state index in [2.05, 4.69) is 57.7 Å². The molecule has 0 spiro atoms. The van der Waals surface area contributed by atoms with E-state index in [-0.39, 0.29) is 6.10 Å². The third kappa shape index (κ3) is 6.91. The Kier molecular flexibility index (Phi) is 7.61. The van der Waals surface area contributed by atoms with E-state index in [0.717, 1.165) is 25.7 Å². The van der Waals surface area contributed by atoms with Crippen molar-refractivity contribution in [2.75, 3.05) is 0 Å². The van der Waals surface area contributed by atoms with Gasteiger partial charge in [-0.05, 0) is 57.8 Å². The van der Waals surface area contributed by atoms with Crippen LogP contribution in [0.1, 0.15) is 52.9 Å². The summed E-state index contributed by atoms with van der Waals surface area (Å²) in [6.07, 6.45) is 16.0. The Balaban J connectivity index is 2.28. The van der Waals surface area contributed by atoms with Gasteiger partial charge in [-0.2, -0.15) is 0 Å². The van der Waals surface area contributed by atoms with E-state index in [4.69, 9.17) is 0 Å². The molecule has 0 heterocycles. The lowest BCUT2D eigenvalue weighted by molar-refractivity contribution is 0.0637. The Morgan fingerprint density at radius 2 is 2.00 bits per heavy atom. The molecule has 1 rings (SSSR count). The summed E-state index contributed by atoms with van der Waals surface area (Å²) in [7, 11) is 0. The van der Waals surface area contributed by atoms with Crippen LogP contribution in [0.3, 0.4) is 0 Å². The van der Waals surface area contributed by atoms with E-state index in [1.54, 1.807) is 0 Å². The summed E-state index contributed by atoms with van der Waals surface area (Å²) in [5.74, 6) is 0.995. The topological polar surface area (TPSA) is 20.2 Å². The van der Waals surface area contributed by atoms with E-state index in [1.807, 2.05) is 0 Å². The maximum Gasteiger partial charge on any atom is 0.0571 e. The quantitative estimate of drug-likeness (QED) is 0.521. The lowest BCUT2D eigenvalue weighted by atomic mass is 9.81. The minimum absolute atomic E-state index is 0.124. The molecule has 1 heteroatoms. The molecule has 112 valence electrons. The van der Waals surface area contributed by atoms with Crippen molar-refractivity contribution < 1.29 is 5.11 Å². The molecule has 20 heavy (non-hydrogen) atoms. The van der Waals surface area contributed by atoms with Crippen LogP contribution in [0.4, 0.5) is 0 Å². The lowest BCUT2D eigenvalue weighted by Crippen LogP contribution is -2.26. The van der Waals surface area contributed by atoms with Crippen molar-refractivity contribution in [1.82, 2.24) is 0 Å². The van der Waals surface area contributed by atoms with Crippen molar-refractivity contribution in [1.29, 1.82) is 0 Å². The highest BCUT2D eigenvalue weighted by Gasteiger charge is 2.23. The summed E-state index contributed by atoms with van der Waals surface area (Å²) in [4.78, 5) is 0. The SMILES string of the molecule is C=C(/C=C/C=C/C1CCC(C)C(O)C1)CCC=C(C)C. The summed E-state index contributed by atoms with van der Waals surface area (Å²) in [6.45, 7) is 10.5. The van der Waals surface area contributed by atoms with Gasteiger partial charge in [-0.3, -0.25) is 0 Å². The highest BCUT2D eigenvalue weighted by molar-refractivity contribution is 5.20. The van der Waals surface area contributed by atoms with Gasteiger partial charge in [0.05, 0.1) is 6.10 Å². The summed E-state index contributed by atoms with van der Waals surface area (Å²) >= 11 is 0. The molecule has 0 aromatic carbocycles. The van der Waals surface area contributed by atoms with E-state index < -0.39 is 0 Å². The molecule has 1 saturated carbocycles. The van der Waals surface area contributed by atoms with Crippen LogP contribution >= 0.6 is 0 Å². The molecular formula is C19H30O. The van der Waals surface area contributed by atoms with Gasteiger partial charge in [-0.15, -0.1) is 0 Å². The van der Waals surface area contributed by atoms with Crippen LogP contribution in [-0.2, 0) is 0 Å². The van der Waals surface area contributed by atoms with Crippen LogP contribution < -0.4 is 0 Å². The number of aliphatic hydroxyl groups excluding tert-OH is 1. The molecule has 0 radical (unpaired) electrons.